The summed E-state index contributed by atoms with van der Waals surface area (Å²) in [4.78, 5) is 14.5. The van der Waals surface area contributed by atoms with E-state index >= 15 is 0 Å². The zero-order valence-corrected chi connectivity index (χ0v) is 12.9. The van der Waals surface area contributed by atoms with Crippen molar-refractivity contribution in [3.63, 3.8) is 0 Å². The van der Waals surface area contributed by atoms with Crippen molar-refractivity contribution in [1.82, 2.24) is 10.2 Å². The molecule has 0 aromatic carbocycles. The van der Waals surface area contributed by atoms with E-state index in [1.165, 1.54) is 6.42 Å². The van der Waals surface area contributed by atoms with Crippen LogP contribution in [0.4, 0.5) is 0 Å². The first-order valence-corrected chi connectivity index (χ1v) is 8.07. The molecule has 1 aromatic heterocycles. The van der Waals surface area contributed by atoms with Gasteiger partial charge in [0.2, 0.25) is 0 Å². The Labute approximate surface area is 120 Å². The Balaban J connectivity index is 1.94. The van der Waals surface area contributed by atoms with Crippen molar-refractivity contribution in [3.05, 3.63) is 21.9 Å². The number of piperidine rings is 1. The van der Waals surface area contributed by atoms with Gasteiger partial charge in [-0.1, -0.05) is 13.8 Å². The van der Waals surface area contributed by atoms with Crippen LogP contribution < -0.4 is 5.32 Å². The van der Waals surface area contributed by atoms with Gasteiger partial charge in [-0.05, 0) is 43.2 Å². The zero-order valence-electron chi connectivity index (χ0n) is 12.1. The Hall–Kier alpha value is -0.870. The number of hydrogen-bond donors (Lipinski definition) is 1. The van der Waals surface area contributed by atoms with Gasteiger partial charge in [-0.25, -0.2) is 0 Å². The average molecular weight is 280 g/mol. The maximum atomic E-state index is 12.5. The first-order chi connectivity index (χ1) is 9.08. The summed E-state index contributed by atoms with van der Waals surface area (Å²) < 4.78 is 0. The molecule has 1 aromatic rings. The highest BCUT2D eigenvalue weighted by Crippen LogP contribution is 2.21. The molecule has 1 N–H and O–H groups in total. The average Bonchev–Trinajstić information content (AvgIpc) is 2.82. The van der Waals surface area contributed by atoms with Gasteiger partial charge in [-0.3, -0.25) is 4.79 Å². The van der Waals surface area contributed by atoms with E-state index in [2.05, 4.69) is 24.5 Å². The number of amides is 1. The fraction of sp³-hybridized carbons (Fsp3) is 0.667. The van der Waals surface area contributed by atoms with Crippen molar-refractivity contribution < 1.29 is 4.79 Å². The lowest BCUT2D eigenvalue weighted by molar-refractivity contribution is 0.0672. The van der Waals surface area contributed by atoms with Crippen molar-refractivity contribution in [1.29, 1.82) is 0 Å². The summed E-state index contributed by atoms with van der Waals surface area (Å²) in [6, 6.07) is 0.519. The molecule has 0 saturated carbocycles. The van der Waals surface area contributed by atoms with Crippen LogP contribution in [-0.2, 0) is 0 Å². The Morgan fingerprint density at radius 3 is 2.95 bits per heavy atom. The molecule has 0 spiro atoms. The lowest BCUT2D eigenvalue weighted by atomic mass is 9.97. The predicted octanol–water partition coefficient (Wildman–Crippen LogP) is 2.91. The highest BCUT2D eigenvalue weighted by Gasteiger charge is 2.25. The van der Waals surface area contributed by atoms with E-state index in [9.17, 15) is 4.79 Å². The van der Waals surface area contributed by atoms with Gasteiger partial charge in [0.1, 0.15) is 0 Å². The normalized spacial score (nSPS) is 20.0. The SMILES string of the molecule is Cc1cscc1C(=O)N1CCCC(CNC(C)C)C1. The van der Waals surface area contributed by atoms with Gasteiger partial charge in [-0.15, -0.1) is 0 Å². The summed E-state index contributed by atoms with van der Waals surface area (Å²) in [6.07, 6.45) is 2.35. The summed E-state index contributed by atoms with van der Waals surface area (Å²) in [5.74, 6) is 0.812. The van der Waals surface area contributed by atoms with Crippen LogP contribution in [0.3, 0.4) is 0 Å². The molecule has 0 bridgehead atoms. The first kappa shape index (κ1) is 14.5. The van der Waals surface area contributed by atoms with Crippen molar-refractivity contribution in [2.45, 2.75) is 39.7 Å². The minimum Gasteiger partial charge on any atom is -0.338 e. The number of likely N-dealkylation sites (tertiary alicyclic amines) is 1. The lowest BCUT2D eigenvalue weighted by Crippen LogP contribution is -2.43. The van der Waals surface area contributed by atoms with Gasteiger partial charge in [0.25, 0.3) is 5.91 Å². The van der Waals surface area contributed by atoms with Crippen molar-refractivity contribution in [2.24, 2.45) is 5.92 Å². The molecule has 106 valence electrons. The van der Waals surface area contributed by atoms with Crippen LogP contribution in [0.5, 0.6) is 0 Å². The number of carbonyl (C=O) groups excluding carboxylic acids is 1. The Morgan fingerprint density at radius 1 is 1.53 bits per heavy atom. The van der Waals surface area contributed by atoms with E-state index in [4.69, 9.17) is 0 Å². The van der Waals surface area contributed by atoms with Crippen LogP contribution in [0.1, 0.15) is 42.6 Å². The number of carbonyl (C=O) groups is 1. The van der Waals surface area contributed by atoms with Crippen LogP contribution in [0.2, 0.25) is 0 Å². The standard InChI is InChI=1S/C15H24N2OS/c1-11(2)16-7-13-5-4-6-17(8-13)15(18)14-10-19-9-12(14)3/h9-11,13,16H,4-8H2,1-3H3. The van der Waals surface area contributed by atoms with Crippen LogP contribution in [0, 0.1) is 12.8 Å². The van der Waals surface area contributed by atoms with E-state index in [1.54, 1.807) is 11.3 Å². The number of nitrogens with zero attached hydrogens (tertiary/aromatic N) is 1. The van der Waals surface area contributed by atoms with E-state index in [1.807, 2.05) is 17.2 Å². The summed E-state index contributed by atoms with van der Waals surface area (Å²) in [5.41, 5.74) is 2.00. The molecular weight excluding hydrogens is 256 g/mol. The molecule has 1 saturated heterocycles. The van der Waals surface area contributed by atoms with Crippen LogP contribution in [0.25, 0.3) is 0 Å². The minimum atomic E-state index is 0.216. The maximum Gasteiger partial charge on any atom is 0.254 e. The van der Waals surface area contributed by atoms with Gasteiger partial charge in [0.15, 0.2) is 0 Å². The number of nitrogens with one attached hydrogen (secondary N) is 1. The number of aryl methyl sites for hydroxylation is 1. The van der Waals surface area contributed by atoms with Crippen molar-refractivity contribution >= 4 is 17.2 Å². The fourth-order valence-corrected chi connectivity index (χ4v) is 3.39. The van der Waals surface area contributed by atoms with Gasteiger partial charge >= 0.3 is 0 Å². The van der Waals surface area contributed by atoms with Crippen LogP contribution in [0.15, 0.2) is 10.8 Å². The van der Waals surface area contributed by atoms with Gasteiger partial charge in [-0.2, -0.15) is 11.3 Å². The predicted molar refractivity (Wildman–Crippen MR) is 80.8 cm³/mol. The number of hydrogen-bond acceptors (Lipinski definition) is 3. The van der Waals surface area contributed by atoms with E-state index in [0.29, 0.717) is 12.0 Å². The summed E-state index contributed by atoms with van der Waals surface area (Å²) in [6.45, 7) is 9.18. The van der Waals surface area contributed by atoms with Crippen LogP contribution >= 0.6 is 11.3 Å². The summed E-state index contributed by atoms with van der Waals surface area (Å²) in [5, 5.41) is 7.52. The van der Waals surface area contributed by atoms with Crippen molar-refractivity contribution in [3.8, 4) is 0 Å². The van der Waals surface area contributed by atoms with E-state index < -0.39 is 0 Å². The maximum absolute atomic E-state index is 12.5. The molecule has 2 heterocycles. The molecule has 4 heteroatoms. The Morgan fingerprint density at radius 2 is 2.32 bits per heavy atom. The monoisotopic (exact) mass is 280 g/mol. The smallest absolute Gasteiger partial charge is 0.254 e. The van der Waals surface area contributed by atoms with Gasteiger partial charge < -0.3 is 10.2 Å². The third-order valence-corrected chi connectivity index (χ3v) is 4.57. The molecule has 1 aliphatic rings. The molecule has 2 rings (SSSR count). The summed E-state index contributed by atoms with van der Waals surface area (Å²) in [7, 11) is 0. The molecule has 1 unspecified atom stereocenters. The topological polar surface area (TPSA) is 32.3 Å². The Kier molecular flexibility index (Phi) is 4.99. The van der Waals surface area contributed by atoms with Crippen molar-refractivity contribution in [2.75, 3.05) is 19.6 Å². The lowest BCUT2D eigenvalue weighted by Gasteiger charge is -2.33. The molecule has 1 fully saturated rings. The highest BCUT2D eigenvalue weighted by molar-refractivity contribution is 7.08. The molecule has 1 aliphatic heterocycles. The minimum absolute atomic E-state index is 0.216. The second kappa shape index (κ2) is 6.53. The largest absolute Gasteiger partial charge is 0.338 e. The highest BCUT2D eigenvalue weighted by atomic mass is 32.1. The third-order valence-electron chi connectivity index (χ3n) is 3.71. The molecule has 0 aliphatic carbocycles. The zero-order chi connectivity index (χ0) is 13.8. The number of rotatable bonds is 4. The molecule has 0 radical (unpaired) electrons. The quantitative estimate of drug-likeness (QED) is 0.920. The fourth-order valence-electron chi connectivity index (χ4n) is 2.57. The van der Waals surface area contributed by atoms with E-state index in [-0.39, 0.29) is 5.91 Å². The van der Waals surface area contributed by atoms with Gasteiger partial charge in [0.05, 0.1) is 5.56 Å². The second-order valence-corrected chi connectivity index (χ2v) is 6.53. The third kappa shape index (κ3) is 3.80. The molecule has 19 heavy (non-hydrogen) atoms. The second-order valence-electron chi connectivity index (χ2n) is 5.79. The first-order valence-electron chi connectivity index (χ1n) is 7.13. The Bertz CT molecular complexity index is 428. The van der Waals surface area contributed by atoms with Crippen LogP contribution in [-0.4, -0.2) is 36.5 Å². The number of thiophene rings is 1. The molecule has 1 amide bonds. The van der Waals surface area contributed by atoms with E-state index in [0.717, 1.165) is 37.2 Å². The van der Waals surface area contributed by atoms with Gasteiger partial charge in [0, 0.05) is 24.5 Å². The molecule has 1 atom stereocenters. The summed E-state index contributed by atoms with van der Waals surface area (Å²) >= 11 is 1.61. The molecule has 3 nitrogen and oxygen atoms in total. The molecular formula is C15H24N2OS.